The number of hydrogen-bond donors (Lipinski definition) is 1. The van der Waals surface area contributed by atoms with Crippen molar-refractivity contribution in [2.75, 3.05) is 19.3 Å². The van der Waals surface area contributed by atoms with Gasteiger partial charge < -0.3 is 10.2 Å². The lowest BCUT2D eigenvalue weighted by Gasteiger charge is -2.38. The van der Waals surface area contributed by atoms with Crippen molar-refractivity contribution in [3.8, 4) is 0 Å². The van der Waals surface area contributed by atoms with Crippen LogP contribution < -0.4 is 5.32 Å². The molecule has 3 aromatic carbocycles. The minimum atomic E-state index is -3.25. The summed E-state index contributed by atoms with van der Waals surface area (Å²) in [6, 6.07) is 28.8. The number of carbonyl (C=O) groups excluding carboxylic acids is 1. The van der Waals surface area contributed by atoms with E-state index in [0.717, 1.165) is 37.9 Å². The third-order valence-electron chi connectivity index (χ3n) is 7.92. The molecule has 0 spiro atoms. The van der Waals surface area contributed by atoms with Crippen LogP contribution in [0, 0.1) is 0 Å². The van der Waals surface area contributed by atoms with E-state index in [1.807, 2.05) is 6.92 Å². The molecule has 4 rings (SSSR count). The summed E-state index contributed by atoms with van der Waals surface area (Å²) < 4.78 is 23.5. The fraction of sp³-hybridized carbons (Fsp3) is 0.406. The summed E-state index contributed by atoms with van der Waals surface area (Å²) in [5.74, 6) is 0.0987. The maximum absolute atomic E-state index is 13.2. The lowest BCUT2D eigenvalue weighted by atomic mass is 9.85. The van der Waals surface area contributed by atoms with Crippen molar-refractivity contribution in [3.63, 3.8) is 0 Å². The Morgan fingerprint density at radius 2 is 1.39 bits per heavy atom. The van der Waals surface area contributed by atoms with Crippen molar-refractivity contribution in [3.05, 3.63) is 102 Å². The topological polar surface area (TPSA) is 66.5 Å². The molecule has 5 nitrogen and oxygen atoms in total. The average Bonchev–Trinajstić information content (AvgIpc) is 2.93. The van der Waals surface area contributed by atoms with E-state index in [1.165, 1.54) is 17.4 Å². The highest BCUT2D eigenvalue weighted by Crippen LogP contribution is 2.31. The largest absolute Gasteiger partial charge is 0.353 e. The van der Waals surface area contributed by atoms with E-state index < -0.39 is 9.84 Å². The summed E-state index contributed by atoms with van der Waals surface area (Å²) in [5.41, 5.74) is 3.56. The first-order valence-corrected chi connectivity index (χ1v) is 15.6. The predicted molar refractivity (Wildman–Crippen MR) is 154 cm³/mol. The van der Waals surface area contributed by atoms with Gasteiger partial charge in [0.15, 0.2) is 9.84 Å². The van der Waals surface area contributed by atoms with E-state index in [2.05, 4.69) is 77.8 Å². The minimum Gasteiger partial charge on any atom is -0.353 e. The van der Waals surface area contributed by atoms with Gasteiger partial charge in [-0.1, -0.05) is 79.7 Å². The molecule has 1 aliphatic heterocycles. The summed E-state index contributed by atoms with van der Waals surface area (Å²) in [4.78, 5) is 16.0. The average molecular weight is 533 g/mol. The first-order chi connectivity index (χ1) is 18.3. The van der Waals surface area contributed by atoms with Gasteiger partial charge in [-0.25, -0.2) is 8.42 Å². The molecular formula is C32H40N2O3S. The van der Waals surface area contributed by atoms with Crippen LogP contribution in [0.4, 0.5) is 0 Å². The quantitative estimate of drug-likeness (QED) is 0.360. The van der Waals surface area contributed by atoms with Gasteiger partial charge in [0.2, 0.25) is 5.91 Å². The van der Waals surface area contributed by atoms with Crippen LogP contribution in [-0.2, 0) is 14.6 Å². The molecular weight excluding hydrogens is 492 g/mol. The van der Waals surface area contributed by atoms with Crippen LogP contribution in [0.25, 0.3) is 0 Å². The molecule has 1 saturated heterocycles. The molecule has 0 bridgehead atoms. The highest BCUT2D eigenvalue weighted by molar-refractivity contribution is 7.90. The predicted octanol–water partition coefficient (Wildman–Crippen LogP) is 5.78. The molecule has 202 valence electrons. The lowest BCUT2D eigenvalue weighted by molar-refractivity contribution is -0.123. The van der Waals surface area contributed by atoms with Crippen LogP contribution >= 0.6 is 0 Å². The number of nitrogens with one attached hydrogen (secondary N) is 1. The van der Waals surface area contributed by atoms with Gasteiger partial charge in [0.05, 0.1) is 10.8 Å². The number of piperidine rings is 1. The molecule has 38 heavy (non-hydrogen) atoms. The summed E-state index contributed by atoms with van der Waals surface area (Å²) in [6.07, 6.45) is 4.78. The van der Waals surface area contributed by atoms with Gasteiger partial charge in [-0.2, -0.15) is 0 Å². The highest BCUT2D eigenvalue weighted by atomic mass is 32.2. The summed E-state index contributed by atoms with van der Waals surface area (Å²) in [5, 5.41) is 3.28. The summed E-state index contributed by atoms with van der Waals surface area (Å²) in [7, 11) is -3.25. The van der Waals surface area contributed by atoms with Crippen molar-refractivity contribution in [2.24, 2.45) is 0 Å². The fourth-order valence-corrected chi connectivity index (χ4v) is 6.26. The zero-order valence-corrected chi connectivity index (χ0v) is 23.5. The second-order valence-corrected chi connectivity index (χ2v) is 12.6. The van der Waals surface area contributed by atoms with E-state index in [1.54, 1.807) is 24.3 Å². The van der Waals surface area contributed by atoms with Crippen LogP contribution in [0.5, 0.6) is 0 Å². The molecule has 2 atom stereocenters. The highest BCUT2D eigenvalue weighted by Gasteiger charge is 2.28. The number of sulfone groups is 1. The molecule has 0 saturated carbocycles. The second kappa shape index (κ2) is 12.7. The van der Waals surface area contributed by atoms with Gasteiger partial charge in [0, 0.05) is 37.3 Å². The molecule has 3 aromatic rings. The molecule has 6 heteroatoms. The Labute approximate surface area is 228 Å². The Balaban J connectivity index is 1.34. The Kier molecular flexibility index (Phi) is 9.40. The van der Waals surface area contributed by atoms with Gasteiger partial charge in [0.1, 0.15) is 0 Å². The Hall–Kier alpha value is -2.96. The van der Waals surface area contributed by atoms with E-state index in [-0.39, 0.29) is 22.8 Å². The summed E-state index contributed by atoms with van der Waals surface area (Å²) in [6.45, 7) is 6.24. The molecule has 1 heterocycles. The Morgan fingerprint density at radius 1 is 0.868 bits per heavy atom. The first-order valence-electron chi connectivity index (χ1n) is 13.7. The lowest BCUT2D eigenvalue weighted by Crippen LogP contribution is -2.48. The van der Waals surface area contributed by atoms with Crippen LogP contribution in [-0.4, -0.2) is 50.7 Å². The van der Waals surface area contributed by atoms with Gasteiger partial charge in [-0.15, -0.1) is 0 Å². The smallest absolute Gasteiger partial charge is 0.227 e. The SMILES string of the molecule is CCC(C(=O)NC1CCN(C(C)CC(c2ccccc2)c2ccccc2)CC1)c1ccc(S(C)(=O)=O)cc1. The van der Waals surface area contributed by atoms with Crippen LogP contribution in [0.3, 0.4) is 0 Å². The van der Waals surface area contributed by atoms with E-state index in [0.29, 0.717) is 18.4 Å². The number of likely N-dealkylation sites (tertiary alicyclic amines) is 1. The number of nitrogens with zero attached hydrogens (tertiary/aromatic N) is 1. The molecule has 0 radical (unpaired) electrons. The second-order valence-electron chi connectivity index (χ2n) is 10.6. The normalized spacial score (nSPS) is 16.7. The van der Waals surface area contributed by atoms with Crippen molar-refractivity contribution in [1.82, 2.24) is 10.2 Å². The fourth-order valence-electron chi connectivity index (χ4n) is 5.63. The van der Waals surface area contributed by atoms with E-state index in [4.69, 9.17) is 0 Å². The molecule has 1 fully saturated rings. The van der Waals surface area contributed by atoms with Gasteiger partial charge >= 0.3 is 0 Å². The number of rotatable bonds is 10. The monoisotopic (exact) mass is 532 g/mol. The van der Waals surface area contributed by atoms with Crippen molar-refractivity contribution in [2.45, 2.75) is 68.3 Å². The first kappa shape index (κ1) is 28.1. The van der Waals surface area contributed by atoms with Crippen LogP contribution in [0.1, 0.15) is 68.1 Å². The minimum absolute atomic E-state index is 0.0272. The van der Waals surface area contributed by atoms with Crippen molar-refractivity contribution in [1.29, 1.82) is 0 Å². The number of amides is 1. The van der Waals surface area contributed by atoms with E-state index in [9.17, 15) is 13.2 Å². The molecule has 2 unspecified atom stereocenters. The maximum Gasteiger partial charge on any atom is 0.227 e. The van der Waals surface area contributed by atoms with E-state index >= 15 is 0 Å². The molecule has 0 aromatic heterocycles. The van der Waals surface area contributed by atoms with Gasteiger partial charge in [-0.05, 0) is 61.4 Å². The van der Waals surface area contributed by atoms with Crippen LogP contribution in [0.2, 0.25) is 0 Å². The van der Waals surface area contributed by atoms with Crippen LogP contribution in [0.15, 0.2) is 89.8 Å². The Bertz CT molecular complexity index is 1230. The third-order valence-corrected chi connectivity index (χ3v) is 9.04. The van der Waals surface area contributed by atoms with Gasteiger partial charge in [0.25, 0.3) is 0 Å². The van der Waals surface area contributed by atoms with Gasteiger partial charge in [-0.3, -0.25) is 4.79 Å². The Morgan fingerprint density at radius 3 is 1.87 bits per heavy atom. The third kappa shape index (κ3) is 7.12. The summed E-state index contributed by atoms with van der Waals surface area (Å²) >= 11 is 0. The van der Waals surface area contributed by atoms with Crippen molar-refractivity contribution < 1.29 is 13.2 Å². The maximum atomic E-state index is 13.2. The number of carbonyl (C=O) groups is 1. The molecule has 0 aliphatic carbocycles. The van der Waals surface area contributed by atoms with Crippen molar-refractivity contribution >= 4 is 15.7 Å². The number of hydrogen-bond acceptors (Lipinski definition) is 4. The molecule has 1 N–H and O–H groups in total. The zero-order valence-electron chi connectivity index (χ0n) is 22.7. The standard InChI is InChI=1S/C32H40N2O3S/c1-4-30(27-15-17-29(18-16-27)38(3,36)37)32(35)33-28-19-21-34(22-20-28)24(2)23-31(25-11-7-5-8-12-25)26-13-9-6-10-14-26/h5-18,24,28,30-31H,4,19-23H2,1-3H3,(H,33,35). The molecule has 1 amide bonds. The zero-order chi connectivity index (χ0) is 27.1. The number of benzene rings is 3. The molecule has 1 aliphatic rings.